The van der Waals surface area contributed by atoms with E-state index in [2.05, 4.69) is 0 Å². The molecule has 0 amide bonds. The Bertz CT molecular complexity index is 444. The summed E-state index contributed by atoms with van der Waals surface area (Å²) < 4.78 is 31.4. The van der Waals surface area contributed by atoms with Gasteiger partial charge in [-0.2, -0.15) is 0 Å². The molecule has 5 heteroatoms. The SMILES string of the molecule is CCOC(=O)C(C)(O)C(C)c1cc(F)ccc1F. The number of ether oxygens (including phenoxy) is 1. The average molecular weight is 258 g/mol. The van der Waals surface area contributed by atoms with Crippen LogP contribution in [0, 0.1) is 11.6 Å². The van der Waals surface area contributed by atoms with Gasteiger partial charge in [-0.1, -0.05) is 6.92 Å². The number of benzene rings is 1. The largest absolute Gasteiger partial charge is 0.464 e. The van der Waals surface area contributed by atoms with Gasteiger partial charge < -0.3 is 9.84 Å². The molecule has 1 rings (SSSR count). The van der Waals surface area contributed by atoms with E-state index in [1.165, 1.54) is 13.8 Å². The monoisotopic (exact) mass is 258 g/mol. The average Bonchev–Trinajstić information content (AvgIpc) is 2.31. The van der Waals surface area contributed by atoms with Crippen LogP contribution in [0.1, 0.15) is 32.3 Å². The van der Waals surface area contributed by atoms with Crippen molar-refractivity contribution in [2.75, 3.05) is 6.61 Å². The van der Waals surface area contributed by atoms with Crippen molar-refractivity contribution in [3.8, 4) is 0 Å². The van der Waals surface area contributed by atoms with Crippen LogP contribution in [0.5, 0.6) is 0 Å². The standard InChI is InChI=1S/C13H16F2O3/c1-4-18-12(16)13(3,17)8(2)10-7-9(14)5-6-11(10)15/h5-8,17H,4H2,1-3H3. The van der Waals surface area contributed by atoms with Gasteiger partial charge in [-0.15, -0.1) is 0 Å². The quantitative estimate of drug-likeness (QED) is 0.843. The molecular weight excluding hydrogens is 242 g/mol. The molecule has 2 unspecified atom stereocenters. The third kappa shape index (κ3) is 2.85. The highest BCUT2D eigenvalue weighted by Gasteiger charge is 2.40. The van der Waals surface area contributed by atoms with Crippen molar-refractivity contribution < 1.29 is 23.4 Å². The number of carbonyl (C=O) groups excluding carboxylic acids is 1. The summed E-state index contributed by atoms with van der Waals surface area (Å²) in [4.78, 5) is 11.6. The predicted molar refractivity (Wildman–Crippen MR) is 62.0 cm³/mol. The summed E-state index contributed by atoms with van der Waals surface area (Å²) in [7, 11) is 0. The molecule has 100 valence electrons. The van der Waals surface area contributed by atoms with Gasteiger partial charge in [0.15, 0.2) is 5.60 Å². The fourth-order valence-corrected chi connectivity index (χ4v) is 1.60. The highest BCUT2D eigenvalue weighted by molar-refractivity contribution is 5.80. The van der Waals surface area contributed by atoms with Crippen LogP contribution in [0.2, 0.25) is 0 Å². The van der Waals surface area contributed by atoms with E-state index < -0.39 is 29.1 Å². The van der Waals surface area contributed by atoms with Gasteiger partial charge in [0.25, 0.3) is 0 Å². The highest BCUT2D eigenvalue weighted by atomic mass is 19.1. The van der Waals surface area contributed by atoms with E-state index in [-0.39, 0.29) is 12.2 Å². The fourth-order valence-electron chi connectivity index (χ4n) is 1.60. The smallest absolute Gasteiger partial charge is 0.338 e. The lowest BCUT2D eigenvalue weighted by atomic mass is 9.84. The Balaban J connectivity index is 3.08. The number of rotatable bonds is 4. The molecule has 0 aliphatic carbocycles. The summed E-state index contributed by atoms with van der Waals surface area (Å²) in [5.41, 5.74) is -1.97. The number of hydrogen-bond acceptors (Lipinski definition) is 3. The van der Waals surface area contributed by atoms with Crippen molar-refractivity contribution in [3.63, 3.8) is 0 Å². The summed E-state index contributed by atoms with van der Waals surface area (Å²) in [5, 5.41) is 10.1. The van der Waals surface area contributed by atoms with Crippen LogP contribution in [-0.2, 0) is 9.53 Å². The molecule has 1 N–H and O–H groups in total. The normalized spacial score (nSPS) is 15.9. The van der Waals surface area contributed by atoms with Gasteiger partial charge in [0.2, 0.25) is 0 Å². The molecule has 0 heterocycles. The van der Waals surface area contributed by atoms with Crippen molar-refractivity contribution >= 4 is 5.97 Å². The summed E-state index contributed by atoms with van der Waals surface area (Å²) in [6.45, 7) is 4.36. The number of hydrogen-bond donors (Lipinski definition) is 1. The van der Waals surface area contributed by atoms with Crippen LogP contribution in [0.3, 0.4) is 0 Å². The summed E-state index contributed by atoms with van der Waals surface area (Å²) in [6, 6.07) is 2.90. The lowest BCUT2D eigenvalue weighted by molar-refractivity contribution is -0.165. The Morgan fingerprint density at radius 1 is 1.50 bits per heavy atom. The minimum atomic E-state index is -1.91. The Kier molecular flexibility index (Phi) is 4.40. The van der Waals surface area contributed by atoms with Gasteiger partial charge in [-0.05, 0) is 37.6 Å². The van der Waals surface area contributed by atoms with Crippen molar-refractivity contribution in [1.82, 2.24) is 0 Å². The van der Waals surface area contributed by atoms with E-state index in [0.29, 0.717) is 0 Å². The first-order chi connectivity index (χ1) is 8.30. The van der Waals surface area contributed by atoms with E-state index in [1.54, 1.807) is 6.92 Å². The minimum Gasteiger partial charge on any atom is -0.464 e. The molecule has 0 saturated heterocycles. The van der Waals surface area contributed by atoms with Crippen LogP contribution in [-0.4, -0.2) is 23.3 Å². The Labute approximate surface area is 104 Å². The van der Waals surface area contributed by atoms with Crippen LogP contribution >= 0.6 is 0 Å². The van der Waals surface area contributed by atoms with E-state index in [9.17, 15) is 18.7 Å². The molecule has 0 aliphatic heterocycles. The zero-order valence-electron chi connectivity index (χ0n) is 10.5. The maximum atomic E-state index is 13.6. The first kappa shape index (κ1) is 14.6. The molecular formula is C13H16F2O3. The fraction of sp³-hybridized carbons (Fsp3) is 0.462. The molecule has 0 spiro atoms. The van der Waals surface area contributed by atoms with Crippen molar-refractivity contribution in [1.29, 1.82) is 0 Å². The van der Waals surface area contributed by atoms with Crippen LogP contribution in [0.25, 0.3) is 0 Å². The Morgan fingerprint density at radius 2 is 2.11 bits per heavy atom. The molecule has 1 aromatic carbocycles. The van der Waals surface area contributed by atoms with Crippen LogP contribution < -0.4 is 0 Å². The number of aliphatic hydroxyl groups is 1. The minimum absolute atomic E-state index is 0.0620. The zero-order valence-corrected chi connectivity index (χ0v) is 10.5. The molecule has 0 radical (unpaired) electrons. The van der Waals surface area contributed by atoms with Gasteiger partial charge >= 0.3 is 5.97 Å². The van der Waals surface area contributed by atoms with E-state index in [1.807, 2.05) is 0 Å². The van der Waals surface area contributed by atoms with Gasteiger partial charge in [0.05, 0.1) is 6.61 Å². The number of carbonyl (C=O) groups is 1. The van der Waals surface area contributed by atoms with Crippen molar-refractivity contribution in [2.24, 2.45) is 0 Å². The molecule has 0 saturated carbocycles. The summed E-state index contributed by atoms with van der Waals surface area (Å²) in [5.74, 6) is -3.08. The highest BCUT2D eigenvalue weighted by Crippen LogP contribution is 2.31. The first-order valence-electron chi connectivity index (χ1n) is 5.65. The second kappa shape index (κ2) is 5.44. The molecule has 2 atom stereocenters. The third-order valence-corrected chi connectivity index (χ3v) is 2.96. The molecule has 18 heavy (non-hydrogen) atoms. The lowest BCUT2D eigenvalue weighted by Crippen LogP contribution is -2.42. The molecule has 0 aliphatic rings. The van der Waals surface area contributed by atoms with Gasteiger partial charge in [0, 0.05) is 5.92 Å². The van der Waals surface area contributed by atoms with Crippen molar-refractivity contribution in [3.05, 3.63) is 35.4 Å². The summed E-state index contributed by atoms with van der Waals surface area (Å²) in [6.07, 6.45) is 0. The van der Waals surface area contributed by atoms with Crippen molar-refractivity contribution in [2.45, 2.75) is 32.3 Å². The maximum absolute atomic E-state index is 13.6. The van der Waals surface area contributed by atoms with Gasteiger partial charge in [-0.25, -0.2) is 13.6 Å². The summed E-state index contributed by atoms with van der Waals surface area (Å²) >= 11 is 0. The lowest BCUT2D eigenvalue weighted by Gasteiger charge is -2.28. The first-order valence-corrected chi connectivity index (χ1v) is 5.65. The molecule has 3 nitrogen and oxygen atoms in total. The number of esters is 1. The van der Waals surface area contributed by atoms with E-state index in [0.717, 1.165) is 18.2 Å². The van der Waals surface area contributed by atoms with Crippen LogP contribution in [0.15, 0.2) is 18.2 Å². The molecule has 0 fully saturated rings. The maximum Gasteiger partial charge on any atom is 0.338 e. The molecule has 0 bridgehead atoms. The molecule has 0 aromatic heterocycles. The third-order valence-electron chi connectivity index (χ3n) is 2.96. The topological polar surface area (TPSA) is 46.5 Å². The van der Waals surface area contributed by atoms with Gasteiger partial charge in [-0.3, -0.25) is 0 Å². The zero-order chi connectivity index (χ0) is 13.9. The van der Waals surface area contributed by atoms with Crippen LogP contribution in [0.4, 0.5) is 8.78 Å². The van der Waals surface area contributed by atoms with Gasteiger partial charge in [0.1, 0.15) is 11.6 Å². The predicted octanol–water partition coefficient (Wildman–Crippen LogP) is 2.38. The number of halogens is 2. The van der Waals surface area contributed by atoms with E-state index >= 15 is 0 Å². The van der Waals surface area contributed by atoms with E-state index in [4.69, 9.17) is 4.74 Å². The Hall–Kier alpha value is -1.49. The Morgan fingerprint density at radius 3 is 2.67 bits per heavy atom. The second-order valence-corrected chi connectivity index (χ2v) is 4.26. The molecule has 1 aromatic rings. The second-order valence-electron chi connectivity index (χ2n) is 4.26.